The molecule has 1 heterocycles. The van der Waals surface area contributed by atoms with E-state index in [1.165, 1.54) is 11.3 Å². The summed E-state index contributed by atoms with van der Waals surface area (Å²) in [6.07, 6.45) is 2.57. The van der Waals surface area contributed by atoms with Crippen LogP contribution in [0.25, 0.3) is 0 Å². The molecule has 1 aromatic carbocycles. The number of ether oxygens (including phenoxy) is 2. The monoisotopic (exact) mass is 323 g/mol. The van der Waals surface area contributed by atoms with E-state index in [4.69, 9.17) is 21.7 Å². The van der Waals surface area contributed by atoms with Crippen molar-refractivity contribution in [1.29, 1.82) is 0 Å². The van der Waals surface area contributed by atoms with Gasteiger partial charge in [-0.1, -0.05) is 6.07 Å². The first-order valence-electron chi connectivity index (χ1n) is 6.38. The Kier molecular flexibility index (Phi) is 5.77. The molecule has 0 saturated heterocycles. The Labute approximate surface area is 133 Å². The highest BCUT2D eigenvalue weighted by Crippen LogP contribution is 2.27. The van der Waals surface area contributed by atoms with Crippen LogP contribution in [0, 0.1) is 0 Å². The van der Waals surface area contributed by atoms with E-state index in [0.717, 1.165) is 35.2 Å². The number of methoxy groups -OCH3 is 2. The van der Waals surface area contributed by atoms with Crippen LogP contribution in [-0.4, -0.2) is 30.9 Å². The van der Waals surface area contributed by atoms with Crippen LogP contribution in [0.4, 0.5) is 5.13 Å². The van der Waals surface area contributed by atoms with Crippen LogP contribution in [0.15, 0.2) is 29.8 Å². The van der Waals surface area contributed by atoms with Crippen LogP contribution in [0.1, 0.15) is 5.56 Å². The number of thiocarbonyl (C=S) groups is 1. The normalized spacial score (nSPS) is 10.0. The molecule has 0 amide bonds. The SMILES string of the molecule is COc1ccc(CCNC(=S)Nc2nccs2)cc1OC. The van der Waals surface area contributed by atoms with E-state index >= 15 is 0 Å². The molecule has 0 aliphatic carbocycles. The maximum absolute atomic E-state index is 5.28. The Morgan fingerprint density at radius 3 is 2.76 bits per heavy atom. The molecule has 2 N–H and O–H groups in total. The third-order valence-electron chi connectivity index (χ3n) is 2.80. The molecule has 0 aliphatic heterocycles. The number of thiazole rings is 1. The molecule has 0 aliphatic rings. The van der Waals surface area contributed by atoms with Crippen LogP contribution >= 0.6 is 23.6 Å². The lowest BCUT2D eigenvalue weighted by Gasteiger charge is -2.11. The first-order valence-corrected chi connectivity index (χ1v) is 7.67. The van der Waals surface area contributed by atoms with Gasteiger partial charge in [0, 0.05) is 18.1 Å². The molecule has 0 atom stereocenters. The Balaban J connectivity index is 1.81. The summed E-state index contributed by atoms with van der Waals surface area (Å²) in [4.78, 5) is 4.11. The van der Waals surface area contributed by atoms with Crippen molar-refractivity contribution in [2.24, 2.45) is 0 Å². The number of benzene rings is 1. The first-order chi connectivity index (χ1) is 10.2. The number of anilines is 1. The minimum absolute atomic E-state index is 0.574. The Morgan fingerprint density at radius 2 is 2.10 bits per heavy atom. The van der Waals surface area contributed by atoms with Gasteiger partial charge in [0.05, 0.1) is 14.2 Å². The molecule has 0 unspecified atom stereocenters. The van der Waals surface area contributed by atoms with Crippen molar-refractivity contribution in [2.45, 2.75) is 6.42 Å². The lowest BCUT2D eigenvalue weighted by Crippen LogP contribution is -2.30. The zero-order valence-electron chi connectivity index (χ0n) is 11.9. The summed E-state index contributed by atoms with van der Waals surface area (Å²) in [5.41, 5.74) is 1.15. The smallest absolute Gasteiger partial charge is 0.188 e. The van der Waals surface area contributed by atoms with E-state index in [-0.39, 0.29) is 0 Å². The molecule has 21 heavy (non-hydrogen) atoms. The van der Waals surface area contributed by atoms with E-state index in [9.17, 15) is 0 Å². The summed E-state index contributed by atoms with van der Waals surface area (Å²) in [6.45, 7) is 0.729. The highest BCUT2D eigenvalue weighted by atomic mass is 32.1. The van der Waals surface area contributed by atoms with E-state index in [2.05, 4.69) is 15.6 Å². The Bertz CT molecular complexity index is 588. The number of aromatic nitrogens is 1. The van der Waals surface area contributed by atoms with Crippen LogP contribution in [0.5, 0.6) is 11.5 Å². The summed E-state index contributed by atoms with van der Waals surface area (Å²) in [5, 5.41) is 9.44. The summed E-state index contributed by atoms with van der Waals surface area (Å²) >= 11 is 6.72. The number of hydrogen-bond donors (Lipinski definition) is 2. The molecule has 5 nitrogen and oxygen atoms in total. The minimum Gasteiger partial charge on any atom is -0.493 e. The molecule has 1 aromatic heterocycles. The quantitative estimate of drug-likeness (QED) is 0.797. The second-order valence-electron chi connectivity index (χ2n) is 4.16. The number of nitrogens with one attached hydrogen (secondary N) is 2. The molecule has 0 saturated carbocycles. The summed E-state index contributed by atoms with van der Waals surface area (Å²) < 4.78 is 10.5. The van der Waals surface area contributed by atoms with Gasteiger partial charge >= 0.3 is 0 Å². The molecular weight excluding hydrogens is 306 g/mol. The third-order valence-corrected chi connectivity index (χ3v) is 3.73. The second kappa shape index (κ2) is 7.80. The summed E-state index contributed by atoms with van der Waals surface area (Å²) in [6, 6.07) is 5.89. The standard InChI is InChI=1S/C14H17N3O2S2/c1-18-11-4-3-10(9-12(11)19-2)5-6-15-13(20)17-14-16-7-8-21-14/h3-4,7-9H,5-6H2,1-2H3,(H2,15,16,17,20). The third kappa shape index (κ3) is 4.57. The van der Waals surface area contributed by atoms with Crippen molar-refractivity contribution in [1.82, 2.24) is 10.3 Å². The largest absolute Gasteiger partial charge is 0.493 e. The highest BCUT2D eigenvalue weighted by molar-refractivity contribution is 7.80. The maximum Gasteiger partial charge on any atom is 0.188 e. The molecular formula is C14H17N3O2S2. The van der Waals surface area contributed by atoms with Crippen molar-refractivity contribution in [3.05, 3.63) is 35.3 Å². The van der Waals surface area contributed by atoms with Crippen molar-refractivity contribution in [2.75, 3.05) is 26.1 Å². The van der Waals surface area contributed by atoms with Crippen LogP contribution in [-0.2, 0) is 6.42 Å². The molecule has 7 heteroatoms. The van der Waals surface area contributed by atoms with Gasteiger partial charge in [-0.15, -0.1) is 11.3 Å². The molecule has 2 aromatic rings. The average Bonchev–Trinajstić information content (AvgIpc) is 2.99. The fraction of sp³-hybridized carbons (Fsp3) is 0.286. The summed E-state index contributed by atoms with van der Waals surface area (Å²) in [7, 11) is 3.26. The van der Waals surface area contributed by atoms with Gasteiger partial charge < -0.3 is 20.1 Å². The fourth-order valence-electron chi connectivity index (χ4n) is 1.78. The van der Waals surface area contributed by atoms with E-state index in [0.29, 0.717) is 5.11 Å². The topological polar surface area (TPSA) is 55.4 Å². The van der Waals surface area contributed by atoms with Crippen LogP contribution in [0.3, 0.4) is 0 Å². The predicted octanol–water partition coefficient (Wildman–Crippen LogP) is 2.69. The maximum atomic E-state index is 5.28. The van der Waals surface area contributed by atoms with Crippen LogP contribution in [0.2, 0.25) is 0 Å². The van der Waals surface area contributed by atoms with Gasteiger partial charge in [0.25, 0.3) is 0 Å². The molecule has 0 fully saturated rings. The van der Waals surface area contributed by atoms with Crippen molar-refractivity contribution in [3.63, 3.8) is 0 Å². The summed E-state index contributed by atoms with van der Waals surface area (Å²) in [5.74, 6) is 1.47. The number of hydrogen-bond acceptors (Lipinski definition) is 5. The zero-order chi connectivity index (χ0) is 15.1. The zero-order valence-corrected chi connectivity index (χ0v) is 13.5. The first kappa shape index (κ1) is 15.5. The van der Waals surface area contributed by atoms with Gasteiger partial charge in [0.15, 0.2) is 21.7 Å². The van der Waals surface area contributed by atoms with Gasteiger partial charge in [0.1, 0.15) is 0 Å². The van der Waals surface area contributed by atoms with Gasteiger partial charge in [-0.25, -0.2) is 4.98 Å². The van der Waals surface area contributed by atoms with Crippen molar-refractivity contribution in [3.8, 4) is 11.5 Å². The van der Waals surface area contributed by atoms with Crippen molar-refractivity contribution >= 4 is 33.8 Å². The molecule has 112 valence electrons. The Morgan fingerprint density at radius 1 is 1.29 bits per heavy atom. The lowest BCUT2D eigenvalue weighted by molar-refractivity contribution is 0.354. The number of nitrogens with zero attached hydrogens (tertiary/aromatic N) is 1. The lowest BCUT2D eigenvalue weighted by atomic mass is 10.1. The average molecular weight is 323 g/mol. The molecule has 0 bridgehead atoms. The fourth-order valence-corrected chi connectivity index (χ4v) is 2.58. The Hall–Kier alpha value is -1.86. The van der Waals surface area contributed by atoms with Gasteiger partial charge in [-0.05, 0) is 36.3 Å². The minimum atomic E-state index is 0.574. The van der Waals surface area contributed by atoms with Gasteiger partial charge in [-0.2, -0.15) is 0 Å². The van der Waals surface area contributed by atoms with Crippen LogP contribution < -0.4 is 20.1 Å². The van der Waals surface area contributed by atoms with E-state index in [1.54, 1.807) is 20.4 Å². The highest BCUT2D eigenvalue weighted by Gasteiger charge is 2.05. The van der Waals surface area contributed by atoms with E-state index in [1.807, 2.05) is 23.6 Å². The second-order valence-corrected chi connectivity index (χ2v) is 5.46. The van der Waals surface area contributed by atoms with E-state index < -0.39 is 0 Å². The molecule has 0 radical (unpaired) electrons. The van der Waals surface area contributed by atoms with Gasteiger partial charge in [-0.3, -0.25) is 0 Å². The van der Waals surface area contributed by atoms with Crippen molar-refractivity contribution < 1.29 is 9.47 Å². The predicted molar refractivity (Wildman–Crippen MR) is 89.6 cm³/mol. The van der Waals surface area contributed by atoms with Gasteiger partial charge in [0.2, 0.25) is 0 Å². The molecule has 2 rings (SSSR count). The molecule has 0 spiro atoms. The number of rotatable bonds is 6.